The topological polar surface area (TPSA) is 50.2 Å². The summed E-state index contributed by atoms with van der Waals surface area (Å²) in [7, 11) is 0. The number of aromatic nitrogens is 1. The molecule has 1 aromatic carbocycles. The van der Waals surface area contributed by atoms with Crippen LogP contribution < -0.4 is 0 Å². The molecule has 3 nitrogen and oxygen atoms in total. The summed E-state index contributed by atoms with van der Waals surface area (Å²) in [6.07, 6.45) is -3.64. The molecule has 0 radical (unpaired) electrons. The average molecular weight is 285 g/mol. The molecule has 0 aliphatic heterocycles. The minimum atomic E-state index is -4.56. The first-order valence-electron chi connectivity index (χ1n) is 5.35. The van der Waals surface area contributed by atoms with Crippen LogP contribution in [0.2, 0.25) is 0 Å². The van der Waals surface area contributed by atoms with Crippen molar-refractivity contribution in [1.29, 1.82) is 0 Å². The van der Waals surface area contributed by atoms with Crippen LogP contribution in [0.15, 0.2) is 36.5 Å². The maximum absolute atomic E-state index is 13.3. The first kappa shape index (κ1) is 14.0. The third-order valence-electron chi connectivity index (χ3n) is 2.53. The van der Waals surface area contributed by atoms with E-state index in [0.29, 0.717) is 0 Å². The van der Waals surface area contributed by atoms with Gasteiger partial charge in [-0.3, -0.25) is 4.98 Å². The second kappa shape index (κ2) is 4.92. The smallest absolute Gasteiger partial charge is 0.433 e. The standard InChI is InChI=1S/C13H7F4NO2/c14-10-4-8(3-9(5-10)12(19)20)7-1-2-11(18-6-7)13(15,16)17/h1-6H,(H,19,20). The quantitative estimate of drug-likeness (QED) is 0.858. The van der Waals surface area contributed by atoms with Gasteiger partial charge in [-0.1, -0.05) is 6.07 Å². The molecule has 0 amide bonds. The largest absolute Gasteiger partial charge is 0.478 e. The number of pyridine rings is 1. The number of carboxylic acids is 1. The van der Waals surface area contributed by atoms with Gasteiger partial charge in [0.25, 0.3) is 0 Å². The summed E-state index contributed by atoms with van der Waals surface area (Å²) in [4.78, 5) is 14.0. The number of nitrogens with zero attached hydrogens (tertiary/aromatic N) is 1. The molecule has 0 aliphatic rings. The van der Waals surface area contributed by atoms with Crippen LogP contribution in [-0.2, 0) is 6.18 Å². The minimum absolute atomic E-state index is 0.142. The molecule has 104 valence electrons. The average Bonchev–Trinajstić information content (AvgIpc) is 2.37. The second-order valence-corrected chi connectivity index (χ2v) is 3.96. The lowest BCUT2D eigenvalue weighted by molar-refractivity contribution is -0.141. The summed E-state index contributed by atoms with van der Waals surface area (Å²) in [5.74, 6) is -2.12. The number of hydrogen-bond acceptors (Lipinski definition) is 2. The summed E-state index contributed by atoms with van der Waals surface area (Å²) >= 11 is 0. The molecule has 1 heterocycles. The van der Waals surface area contributed by atoms with Gasteiger partial charge in [0, 0.05) is 11.8 Å². The number of aromatic carboxylic acids is 1. The first-order chi connectivity index (χ1) is 9.27. The lowest BCUT2D eigenvalue weighted by Crippen LogP contribution is -2.07. The SMILES string of the molecule is O=C(O)c1cc(F)cc(-c2ccc(C(F)(F)F)nc2)c1. The summed E-state index contributed by atoms with van der Waals surface area (Å²) in [6.45, 7) is 0. The Labute approximate surface area is 110 Å². The molecular formula is C13H7F4NO2. The van der Waals surface area contributed by atoms with Crippen LogP contribution >= 0.6 is 0 Å². The van der Waals surface area contributed by atoms with Crippen LogP contribution in [0.25, 0.3) is 11.1 Å². The van der Waals surface area contributed by atoms with Gasteiger partial charge in [0.2, 0.25) is 0 Å². The van der Waals surface area contributed by atoms with E-state index in [2.05, 4.69) is 4.98 Å². The molecule has 0 atom stereocenters. The van der Waals surface area contributed by atoms with Gasteiger partial charge in [0.1, 0.15) is 11.5 Å². The van der Waals surface area contributed by atoms with Crippen molar-refractivity contribution in [3.05, 3.63) is 53.6 Å². The Morgan fingerprint density at radius 3 is 2.30 bits per heavy atom. The molecular weight excluding hydrogens is 278 g/mol. The van der Waals surface area contributed by atoms with Gasteiger partial charge in [0.15, 0.2) is 0 Å². The number of carboxylic acid groups (broad SMARTS) is 1. The fourth-order valence-corrected chi connectivity index (χ4v) is 1.61. The van der Waals surface area contributed by atoms with E-state index < -0.39 is 23.7 Å². The van der Waals surface area contributed by atoms with E-state index in [4.69, 9.17) is 5.11 Å². The van der Waals surface area contributed by atoms with E-state index >= 15 is 0 Å². The Morgan fingerprint density at radius 1 is 1.10 bits per heavy atom. The predicted octanol–water partition coefficient (Wildman–Crippen LogP) is 3.60. The van der Waals surface area contributed by atoms with Crippen LogP contribution in [0, 0.1) is 5.82 Å². The zero-order valence-electron chi connectivity index (χ0n) is 9.78. The summed E-state index contributed by atoms with van der Waals surface area (Å²) < 4.78 is 50.3. The van der Waals surface area contributed by atoms with Crippen LogP contribution in [0.3, 0.4) is 0 Å². The maximum atomic E-state index is 13.3. The van der Waals surface area contributed by atoms with Gasteiger partial charge in [-0.2, -0.15) is 13.2 Å². The van der Waals surface area contributed by atoms with Crippen molar-refractivity contribution in [3.8, 4) is 11.1 Å². The van der Waals surface area contributed by atoms with E-state index in [0.717, 1.165) is 36.5 Å². The van der Waals surface area contributed by atoms with E-state index in [1.165, 1.54) is 0 Å². The normalized spacial score (nSPS) is 11.4. The minimum Gasteiger partial charge on any atom is -0.478 e. The van der Waals surface area contributed by atoms with Gasteiger partial charge >= 0.3 is 12.1 Å². The molecule has 1 N–H and O–H groups in total. The van der Waals surface area contributed by atoms with Gasteiger partial charge in [0.05, 0.1) is 5.56 Å². The third kappa shape index (κ3) is 2.93. The van der Waals surface area contributed by atoms with Gasteiger partial charge in [-0.25, -0.2) is 9.18 Å². The highest BCUT2D eigenvalue weighted by molar-refractivity contribution is 5.89. The second-order valence-electron chi connectivity index (χ2n) is 3.96. The first-order valence-corrected chi connectivity index (χ1v) is 5.35. The fourth-order valence-electron chi connectivity index (χ4n) is 1.61. The number of carbonyl (C=O) groups is 1. The third-order valence-corrected chi connectivity index (χ3v) is 2.53. The Morgan fingerprint density at radius 2 is 1.80 bits per heavy atom. The summed E-state index contributed by atoms with van der Waals surface area (Å²) in [5.41, 5.74) is -1.03. The number of halogens is 4. The number of hydrogen-bond donors (Lipinski definition) is 1. The molecule has 20 heavy (non-hydrogen) atoms. The van der Waals surface area contributed by atoms with Crippen LogP contribution in [0.5, 0.6) is 0 Å². The van der Waals surface area contributed by atoms with Gasteiger partial charge < -0.3 is 5.11 Å². The molecule has 0 unspecified atom stereocenters. The molecule has 0 aliphatic carbocycles. The maximum Gasteiger partial charge on any atom is 0.433 e. The molecule has 7 heteroatoms. The molecule has 2 rings (SSSR count). The lowest BCUT2D eigenvalue weighted by Gasteiger charge is -2.07. The van der Waals surface area contributed by atoms with Gasteiger partial charge in [-0.05, 0) is 29.8 Å². The molecule has 0 spiro atoms. The van der Waals surface area contributed by atoms with E-state index in [9.17, 15) is 22.4 Å². The highest BCUT2D eigenvalue weighted by atomic mass is 19.4. The number of benzene rings is 1. The van der Waals surface area contributed by atoms with Crippen molar-refractivity contribution in [1.82, 2.24) is 4.98 Å². The monoisotopic (exact) mass is 285 g/mol. The Hall–Kier alpha value is -2.44. The molecule has 0 fully saturated rings. The van der Waals surface area contributed by atoms with E-state index in [1.54, 1.807) is 0 Å². The number of rotatable bonds is 2. The zero-order chi connectivity index (χ0) is 14.9. The van der Waals surface area contributed by atoms with Gasteiger partial charge in [-0.15, -0.1) is 0 Å². The van der Waals surface area contributed by atoms with E-state index in [-0.39, 0.29) is 16.7 Å². The van der Waals surface area contributed by atoms with Crippen molar-refractivity contribution in [2.75, 3.05) is 0 Å². The molecule has 0 bridgehead atoms. The Kier molecular flexibility index (Phi) is 3.44. The van der Waals surface area contributed by atoms with Crippen molar-refractivity contribution >= 4 is 5.97 Å². The lowest BCUT2D eigenvalue weighted by atomic mass is 10.0. The molecule has 1 aromatic heterocycles. The molecule has 2 aromatic rings. The predicted molar refractivity (Wildman–Crippen MR) is 61.6 cm³/mol. The highest BCUT2D eigenvalue weighted by Crippen LogP contribution is 2.29. The van der Waals surface area contributed by atoms with Crippen LogP contribution in [-0.4, -0.2) is 16.1 Å². The van der Waals surface area contributed by atoms with Crippen molar-refractivity contribution in [3.63, 3.8) is 0 Å². The zero-order valence-corrected chi connectivity index (χ0v) is 9.78. The van der Waals surface area contributed by atoms with E-state index in [1.807, 2.05) is 0 Å². The number of alkyl halides is 3. The van der Waals surface area contributed by atoms with Crippen molar-refractivity contribution in [2.24, 2.45) is 0 Å². The Bertz CT molecular complexity index is 650. The summed E-state index contributed by atoms with van der Waals surface area (Å²) in [5, 5.41) is 8.80. The molecule has 0 saturated carbocycles. The van der Waals surface area contributed by atoms with Crippen molar-refractivity contribution in [2.45, 2.75) is 6.18 Å². The van der Waals surface area contributed by atoms with Crippen LogP contribution in [0.4, 0.5) is 17.6 Å². The fraction of sp³-hybridized carbons (Fsp3) is 0.0769. The Balaban J connectivity index is 2.44. The highest BCUT2D eigenvalue weighted by Gasteiger charge is 2.32. The summed E-state index contributed by atoms with van der Waals surface area (Å²) in [6, 6.07) is 4.87. The molecule has 0 saturated heterocycles. The van der Waals surface area contributed by atoms with Crippen molar-refractivity contribution < 1.29 is 27.5 Å². The van der Waals surface area contributed by atoms with Crippen LogP contribution in [0.1, 0.15) is 16.1 Å².